The van der Waals surface area contributed by atoms with Gasteiger partial charge in [0.25, 0.3) is 11.8 Å². The zero-order valence-electron chi connectivity index (χ0n) is 17.2. The first-order valence-electron chi connectivity index (χ1n) is 9.78. The number of hydrogen-bond acceptors (Lipinski definition) is 6. The van der Waals surface area contributed by atoms with E-state index < -0.39 is 24.0 Å². The molecule has 0 bridgehead atoms. The minimum atomic E-state index is -1.25. The van der Waals surface area contributed by atoms with Gasteiger partial charge in [-0.3, -0.25) is 14.8 Å². The Morgan fingerprint density at radius 1 is 1.03 bits per heavy atom. The highest BCUT2D eigenvalue weighted by molar-refractivity contribution is 5.97. The molecule has 2 aromatic rings. The van der Waals surface area contributed by atoms with Crippen molar-refractivity contribution in [3.05, 3.63) is 59.7 Å². The van der Waals surface area contributed by atoms with E-state index in [0.717, 1.165) is 37.2 Å². The Morgan fingerprint density at radius 3 is 2.17 bits per heavy atom. The third-order valence-corrected chi connectivity index (χ3v) is 4.63. The lowest BCUT2D eigenvalue weighted by Gasteiger charge is -2.19. The second-order valence-electron chi connectivity index (χ2n) is 6.97. The van der Waals surface area contributed by atoms with Crippen molar-refractivity contribution < 1.29 is 24.6 Å². The number of carbonyl (C=O) groups excluding carboxylic acids is 2. The number of amides is 2. The number of hydrogen-bond donors (Lipinski definition) is 5. The lowest BCUT2D eigenvalue weighted by molar-refractivity contribution is -0.133. The topological polar surface area (TPSA) is 120 Å². The molecule has 2 amide bonds. The molecule has 0 spiro atoms. The van der Waals surface area contributed by atoms with Crippen LogP contribution in [0.3, 0.4) is 0 Å². The van der Waals surface area contributed by atoms with Gasteiger partial charge in [0.05, 0.1) is 6.10 Å². The summed E-state index contributed by atoms with van der Waals surface area (Å²) in [6, 6.07) is 13.8. The lowest BCUT2D eigenvalue weighted by Crippen LogP contribution is -2.51. The second-order valence-corrected chi connectivity index (χ2v) is 6.97. The van der Waals surface area contributed by atoms with Crippen LogP contribution in [0, 0.1) is 0 Å². The maximum atomic E-state index is 12.3. The highest BCUT2D eigenvalue weighted by Crippen LogP contribution is 2.20. The number of methoxy groups -OCH3 is 1. The molecule has 30 heavy (non-hydrogen) atoms. The fraction of sp³-hybridized carbons (Fsp3) is 0.364. The molecule has 0 aliphatic rings. The zero-order chi connectivity index (χ0) is 21.9. The van der Waals surface area contributed by atoms with Crippen LogP contribution in [0.25, 0.3) is 11.1 Å². The molecule has 0 saturated carbocycles. The molecule has 0 saturated heterocycles. The summed E-state index contributed by atoms with van der Waals surface area (Å²) in [5.74, 6) is -1.41. The van der Waals surface area contributed by atoms with Crippen LogP contribution in [0.15, 0.2) is 48.5 Å². The largest absolute Gasteiger partial charge is 0.391 e. The van der Waals surface area contributed by atoms with Crippen LogP contribution in [0.5, 0.6) is 0 Å². The SMILES string of the molecule is COCCCNCc1ccc(-c2ccc(C(=O)N[C@H](C(=O)NO)[C@@H](C)O)cc2)cc1. The molecule has 0 radical (unpaired) electrons. The van der Waals surface area contributed by atoms with Crippen LogP contribution in [-0.2, 0) is 16.1 Å². The average Bonchev–Trinajstić information content (AvgIpc) is 2.77. The van der Waals surface area contributed by atoms with Gasteiger partial charge in [-0.25, -0.2) is 5.48 Å². The highest BCUT2D eigenvalue weighted by atomic mass is 16.5. The quantitative estimate of drug-likeness (QED) is 0.215. The van der Waals surface area contributed by atoms with Crippen molar-refractivity contribution in [2.45, 2.75) is 32.0 Å². The van der Waals surface area contributed by atoms with Crippen molar-refractivity contribution in [2.75, 3.05) is 20.3 Å². The maximum absolute atomic E-state index is 12.3. The van der Waals surface area contributed by atoms with E-state index in [1.165, 1.54) is 18.0 Å². The van der Waals surface area contributed by atoms with Gasteiger partial charge < -0.3 is 20.5 Å². The van der Waals surface area contributed by atoms with Crippen LogP contribution in [0.4, 0.5) is 0 Å². The van der Waals surface area contributed by atoms with Crippen LogP contribution < -0.4 is 16.1 Å². The van der Waals surface area contributed by atoms with Gasteiger partial charge in [-0.05, 0) is 48.7 Å². The second kappa shape index (κ2) is 12.0. The Labute approximate surface area is 176 Å². The number of carbonyl (C=O) groups is 2. The fourth-order valence-corrected chi connectivity index (χ4v) is 2.90. The van der Waals surface area contributed by atoms with E-state index in [0.29, 0.717) is 5.56 Å². The van der Waals surface area contributed by atoms with Crippen LogP contribution >= 0.6 is 0 Å². The van der Waals surface area contributed by atoms with E-state index in [4.69, 9.17) is 9.94 Å². The van der Waals surface area contributed by atoms with Gasteiger partial charge in [-0.15, -0.1) is 0 Å². The van der Waals surface area contributed by atoms with Crippen molar-refractivity contribution in [3.63, 3.8) is 0 Å². The third kappa shape index (κ3) is 6.93. The molecule has 0 aliphatic heterocycles. The van der Waals surface area contributed by atoms with Gasteiger partial charge in [-0.2, -0.15) is 0 Å². The number of hydroxylamine groups is 1. The maximum Gasteiger partial charge on any atom is 0.268 e. The predicted octanol–water partition coefficient (Wildman–Crippen LogP) is 1.46. The van der Waals surface area contributed by atoms with Crippen LogP contribution in [-0.4, -0.2) is 54.5 Å². The molecule has 2 rings (SSSR count). The van der Waals surface area contributed by atoms with Crippen LogP contribution in [0.2, 0.25) is 0 Å². The van der Waals surface area contributed by atoms with Gasteiger partial charge in [0.2, 0.25) is 0 Å². The summed E-state index contributed by atoms with van der Waals surface area (Å²) in [6.07, 6.45) is -0.190. The molecule has 0 aliphatic carbocycles. The molecule has 0 heterocycles. The highest BCUT2D eigenvalue weighted by Gasteiger charge is 2.25. The molecular formula is C22H29N3O5. The Balaban J connectivity index is 1.96. The number of ether oxygens (including phenoxy) is 1. The van der Waals surface area contributed by atoms with Crippen molar-refractivity contribution in [1.29, 1.82) is 0 Å². The van der Waals surface area contributed by atoms with Gasteiger partial charge in [0, 0.05) is 25.8 Å². The van der Waals surface area contributed by atoms with Gasteiger partial charge in [0.1, 0.15) is 6.04 Å². The van der Waals surface area contributed by atoms with Crippen molar-refractivity contribution in [3.8, 4) is 11.1 Å². The Morgan fingerprint density at radius 2 is 1.63 bits per heavy atom. The molecule has 5 N–H and O–H groups in total. The number of aliphatic hydroxyl groups is 1. The molecule has 0 fully saturated rings. The standard InChI is InChI=1S/C22H29N3O5/c1-15(26)20(22(28)25-29)24-21(27)19-10-8-18(9-11-19)17-6-4-16(5-7-17)14-23-12-3-13-30-2/h4-11,15,20,23,26,29H,3,12-14H2,1-2H3,(H,24,27)(H,25,28)/t15-,20+/m1/s1. The summed E-state index contributed by atoms with van der Waals surface area (Å²) >= 11 is 0. The Bertz CT molecular complexity index is 807. The summed E-state index contributed by atoms with van der Waals surface area (Å²) in [5, 5.41) is 24.1. The number of aliphatic hydroxyl groups excluding tert-OH is 1. The monoisotopic (exact) mass is 415 g/mol. The first kappa shape index (κ1) is 23.5. The molecule has 2 aromatic carbocycles. The van der Waals surface area contributed by atoms with E-state index in [-0.39, 0.29) is 0 Å². The van der Waals surface area contributed by atoms with Crippen molar-refractivity contribution in [1.82, 2.24) is 16.1 Å². The van der Waals surface area contributed by atoms with Gasteiger partial charge in [0.15, 0.2) is 0 Å². The minimum absolute atomic E-state index is 0.340. The summed E-state index contributed by atoms with van der Waals surface area (Å²) in [7, 11) is 1.69. The van der Waals surface area contributed by atoms with Crippen molar-refractivity contribution in [2.24, 2.45) is 0 Å². The lowest BCUT2D eigenvalue weighted by atomic mass is 10.0. The first-order chi connectivity index (χ1) is 14.5. The summed E-state index contributed by atoms with van der Waals surface area (Å²) in [6.45, 7) is 3.78. The molecule has 2 atom stereocenters. The minimum Gasteiger partial charge on any atom is -0.391 e. The van der Waals surface area contributed by atoms with E-state index in [9.17, 15) is 14.7 Å². The average molecular weight is 415 g/mol. The van der Waals surface area contributed by atoms with Crippen molar-refractivity contribution >= 4 is 11.8 Å². The molecule has 8 nitrogen and oxygen atoms in total. The van der Waals surface area contributed by atoms with E-state index in [1.807, 2.05) is 24.3 Å². The summed E-state index contributed by atoms with van der Waals surface area (Å²) in [4.78, 5) is 23.9. The first-order valence-corrected chi connectivity index (χ1v) is 9.78. The van der Waals surface area contributed by atoms with Gasteiger partial charge in [-0.1, -0.05) is 36.4 Å². The zero-order valence-corrected chi connectivity index (χ0v) is 17.2. The smallest absolute Gasteiger partial charge is 0.268 e. The molecule has 162 valence electrons. The van der Waals surface area contributed by atoms with E-state index >= 15 is 0 Å². The summed E-state index contributed by atoms with van der Waals surface area (Å²) in [5.41, 5.74) is 4.93. The summed E-state index contributed by atoms with van der Waals surface area (Å²) < 4.78 is 5.02. The third-order valence-electron chi connectivity index (χ3n) is 4.63. The Kier molecular flexibility index (Phi) is 9.43. The molecule has 0 unspecified atom stereocenters. The van der Waals surface area contributed by atoms with E-state index in [1.54, 1.807) is 19.2 Å². The number of benzene rings is 2. The molecule has 8 heteroatoms. The molecule has 0 aromatic heterocycles. The predicted molar refractivity (Wildman–Crippen MR) is 113 cm³/mol. The molecular weight excluding hydrogens is 386 g/mol. The fourth-order valence-electron chi connectivity index (χ4n) is 2.90. The van der Waals surface area contributed by atoms with Gasteiger partial charge >= 0.3 is 0 Å². The number of nitrogens with one attached hydrogen (secondary N) is 3. The number of rotatable bonds is 11. The van der Waals surface area contributed by atoms with Crippen LogP contribution in [0.1, 0.15) is 29.3 Å². The normalized spacial score (nSPS) is 12.8. The van der Waals surface area contributed by atoms with E-state index in [2.05, 4.69) is 22.8 Å². The Hall–Kier alpha value is -2.78.